The zero-order valence-electron chi connectivity index (χ0n) is 9.90. The predicted octanol–water partition coefficient (Wildman–Crippen LogP) is 0.539. The molecule has 1 fully saturated rings. The molecule has 0 aromatic heterocycles. The maximum absolute atomic E-state index is 8.99. The van der Waals surface area contributed by atoms with E-state index in [-0.39, 0.29) is 31.0 Å². The van der Waals surface area contributed by atoms with Crippen LogP contribution in [-0.4, -0.2) is 49.7 Å². The largest absolute Gasteiger partial charge is 0.395 e. The van der Waals surface area contributed by atoms with Crippen molar-refractivity contribution in [3.05, 3.63) is 0 Å². The molecule has 0 aromatic rings. The van der Waals surface area contributed by atoms with Crippen molar-refractivity contribution in [1.29, 1.82) is 0 Å². The summed E-state index contributed by atoms with van der Waals surface area (Å²) in [7, 11) is 1.83. The second-order valence-corrected chi connectivity index (χ2v) is 4.35. The summed E-state index contributed by atoms with van der Waals surface area (Å²) in [5, 5.41) is 12.0. The number of hydrogen-bond acceptors (Lipinski definition) is 4. The number of hydrogen-bond donors (Lipinski definition) is 2. The zero-order chi connectivity index (χ0) is 11.3. The highest BCUT2D eigenvalue weighted by Gasteiger charge is 2.25. The third kappa shape index (κ3) is 4.47. The van der Waals surface area contributed by atoms with Crippen molar-refractivity contribution >= 4 is 0 Å². The Kier molecular flexibility index (Phi) is 5.53. The third-order valence-electron chi connectivity index (χ3n) is 2.82. The van der Waals surface area contributed by atoms with E-state index in [1.54, 1.807) is 0 Å². The van der Waals surface area contributed by atoms with Crippen LogP contribution in [0.15, 0.2) is 0 Å². The topological polar surface area (TPSA) is 50.7 Å². The first kappa shape index (κ1) is 12.9. The van der Waals surface area contributed by atoms with Gasteiger partial charge in [0.05, 0.1) is 37.6 Å². The van der Waals surface area contributed by atoms with E-state index in [0.29, 0.717) is 6.61 Å². The molecule has 15 heavy (non-hydrogen) atoms. The van der Waals surface area contributed by atoms with Crippen molar-refractivity contribution in [2.45, 2.75) is 51.0 Å². The molecule has 90 valence electrons. The van der Waals surface area contributed by atoms with Crippen LogP contribution >= 0.6 is 0 Å². The van der Waals surface area contributed by atoms with E-state index in [0.717, 1.165) is 12.8 Å². The van der Waals surface area contributed by atoms with Crippen LogP contribution in [-0.2, 0) is 9.47 Å². The van der Waals surface area contributed by atoms with Crippen LogP contribution in [0.25, 0.3) is 0 Å². The van der Waals surface area contributed by atoms with Gasteiger partial charge in [0.2, 0.25) is 0 Å². The molecule has 1 aliphatic heterocycles. The fourth-order valence-corrected chi connectivity index (χ4v) is 1.96. The first-order chi connectivity index (χ1) is 7.15. The molecule has 0 amide bonds. The van der Waals surface area contributed by atoms with Gasteiger partial charge in [-0.15, -0.1) is 0 Å². The summed E-state index contributed by atoms with van der Waals surface area (Å²) < 4.78 is 11.4. The van der Waals surface area contributed by atoms with E-state index in [1.165, 1.54) is 0 Å². The minimum atomic E-state index is 0.0402. The number of aliphatic hydroxyl groups excluding tert-OH is 1. The highest BCUT2D eigenvalue weighted by Crippen LogP contribution is 2.21. The number of likely N-dealkylation sites (N-methyl/N-ethyl adjacent to an activating group) is 1. The smallest absolute Gasteiger partial charge is 0.0645 e. The first-order valence-electron chi connectivity index (χ1n) is 5.70. The number of aliphatic hydroxyl groups is 1. The minimum absolute atomic E-state index is 0.0402. The number of rotatable bonds is 5. The van der Waals surface area contributed by atoms with Gasteiger partial charge in [-0.05, 0) is 33.7 Å². The summed E-state index contributed by atoms with van der Waals surface area (Å²) in [6, 6.07) is 0.0402. The molecule has 0 radical (unpaired) electrons. The van der Waals surface area contributed by atoms with Gasteiger partial charge in [-0.3, -0.25) is 0 Å². The predicted molar refractivity (Wildman–Crippen MR) is 58.9 cm³/mol. The maximum atomic E-state index is 8.99. The van der Waals surface area contributed by atoms with Crippen LogP contribution in [0.1, 0.15) is 26.7 Å². The molecule has 1 rings (SSSR count). The van der Waals surface area contributed by atoms with Gasteiger partial charge in [0.25, 0.3) is 0 Å². The standard InChI is InChI=1S/C11H23NO3/c1-8-4-11(5-9(2)15-8)14-7-10(6-13)12-3/h8-13H,4-7H2,1-3H3. The summed E-state index contributed by atoms with van der Waals surface area (Å²) in [5.41, 5.74) is 0. The van der Waals surface area contributed by atoms with E-state index in [4.69, 9.17) is 14.6 Å². The molecule has 0 aliphatic carbocycles. The van der Waals surface area contributed by atoms with Gasteiger partial charge in [-0.1, -0.05) is 0 Å². The van der Waals surface area contributed by atoms with Crippen LogP contribution < -0.4 is 5.32 Å². The molecule has 1 heterocycles. The number of nitrogens with one attached hydrogen (secondary N) is 1. The Morgan fingerprint density at radius 2 is 2.00 bits per heavy atom. The van der Waals surface area contributed by atoms with Crippen molar-refractivity contribution in [2.24, 2.45) is 0 Å². The molecule has 0 aromatic carbocycles. The molecule has 1 aliphatic rings. The highest BCUT2D eigenvalue weighted by molar-refractivity contribution is 4.74. The lowest BCUT2D eigenvalue weighted by atomic mass is 10.0. The lowest BCUT2D eigenvalue weighted by molar-refractivity contribution is -0.105. The monoisotopic (exact) mass is 217 g/mol. The van der Waals surface area contributed by atoms with Gasteiger partial charge < -0.3 is 19.9 Å². The minimum Gasteiger partial charge on any atom is -0.395 e. The Hall–Kier alpha value is -0.160. The van der Waals surface area contributed by atoms with Crippen molar-refractivity contribution in [3.63, 3.8) is 0 Å². The fourth-order valence-electron chi connectivity index (χ4n) is 1.96. The van der Waals surface area contributed by atoms with E-state index < -0.39 is 0 Å². The molecule has 3 atom stereocenters. The van der Waals surface area contributed by atoms with Crippen LogP contribution in [0, 0.1) is 0 Å². The van der Waals surface area contributed by atoms with E-state index in [1.807, 2.05) is 7.05 Å². The molecule has 0 bridgehead atoms. The highest BCUT2D eigenvalue weighted by atomic mass is 16.5. The molecule has 0 spiro atoms. The normalized spacial score (nSPS) is 34.0. The van der Waals surface area contributed by atoms with Crippen LogP contribution in [0.3, 0.4) is 0 Å². The second-order valence-electron chi connectivity index (χ2n) is 4.35. The SMILES string of the molecule is CNC(CO)COC1CC(C)OC(C)C1. The second kappa shape index (κ2) is 6.43. The Bertz CT molecular complexity index is 163. The molecule has 0 saturated carbocycles. The van der Waals surface area contributed by atoms with E-state index >= 15 is 0 Å². The van der Waals surface area contributed by atoms with Crippen LogP contribution in [0.4, 0.5) is 0 Å². The fraction of sp³-hybridized carbons (Fsp3) is 1.00. The van der Waals surface area contributed by atoms with Gasteiger partial charge in [0.1, 0.15) is 0 Å². The molecular weight excluding hydrogens is 194 g/mol. The van der Waals surface area contributed by atoms with Crippen LogP contribution in [0.5, 0.6) is 0 Å². The summed E-state index contributed by atoms with van der Waals surface area (Å²) in [4.78, 5) is 0. The van der Waals surface area contributed by atoms with Gasteiger partial charge in [0.15, 0.2) is 0 Å². The zero-order valence-corrected chi connectivity index (χ0v) is 9.90. The summed E-state index contributed by atoms with van der Waals surface area (Å²) in [6.45, 7) is 4.84. The van der Waals surface area contributed by atoms with Crippen molar-refractivity contribution < 1.29 is 14.6 Å². The molecule has 4 heteroatoms. The molecular formula is C11H23NO3. The Labute approximate surface area is 92.0 Å². The van der Waals surface area contributed by atoms with Gasteiger partial charge in [-0.25, -0.2) is 0 Å². The molecule has 2 N–H and O–H groups in total. The quantitative estimate of drug-likeness (QED) is 0.705. The third-order valence-corrected chi connectivity index (χ3v) is 2.82. The molecule has 3 unspecified atom stereocenters. The maximum Gasteiger partial charge on any atom is 0.0645 e. The Morgan fingerprint density at radius 3 is 2.47 bits per heavy atom. The summed E-state index contributed by atoms with van der Waals surface area (Å²) in [5.74, 6) is 0. The lowest BCUT2D eigenvalue weighted by Gasteiger charge is -2.32. The average molecular weight is 217 g/mol. The lowest BCUT2D eigenvalue weighted by Crippen LogP contribution is -2.39. The van der Waals surface area contributed by atoms with Gasteiger partial charge in [-0.2, -0.15) is 0 Å². The van der Waals surface area contributed by atoms with Crippen molar-refractivity contribution in [1.82, 2.24) is 5.32 Å². The van der Waals surface area contributed by atoms with E-state index in [2.05, 4.69) is 19.2 Å². The van der Waals surface area contributed by atoms with Crippen molar-refractivity contribution in [2.75, 3.05) is 20.3 Å². The number of ether oxygens (including phenoxy) is 2. The van der Waals surface area contributed by atoms with Crippen LogP contribution in [0.2, 0.25) is 0 Å². The summed E-state index contributed by atoms with van der Waals surface area (Å²) in [6.07, 6.45) is 2.73. The Balaban J connectivity index is 2.25. The first-order valence-corrected chi connectivity index (χ1v) is 5.70. The molecule has 4 nitrogen and oxygen atoms in total. The molecule has 1 saturated heterocycles. The average Bonchev–Trinajstić information content (AvgIpc) is 2.18. The Morgan fingerprint density at radius 1 is 1.40 bits per heavy atom. The van der Waals surface area contributed by atoms with Gasteiger partial charge in [0, 0.05) is 0 Å². The summed E-state index contributed by atoms with van der Waals surface area (Å²) >= 11 is 0. The van der Waals surface area contributed by atoms with E-state index in [9.17, 15) is 0 Å². The van der Waals surface area contributed by atoms with Gasteiger partial charge >= 0.3 is 0 Å². The van der Waals surface area contributed by atoms with Crippen molar-refractivity contribution in [3.8, 4) is 0 Å².